The summed E-state index contributed by atoms with van der Waals surface area (Å²) in [5.41, 5.74) is 7.18. The lowest BCUT2D eigenvalue weighted by Gasteiger charge is -2.07. The fourth-order valence-corrected chi connectivity index (χ4v) is 1.81. The maximum Gasteiger partial charge on any atom is 0.194 e. The molecule has 0 saturated heterocycles. The molecule has 3 nitrogen and oxygen atoms in total. The average Bonchev–Trinajstić information content (AvgIpc) is 2.39. The van der Waals surface area contributed by atoms with E-state index in [1.54, 1.807) is 12.1 Å². The Labute approximate surface area is 104 Å². The van der Waals surface area contributed by atoms with E-state index in [1.807, 2.05) is 12.1 Å². The molecule has 0 fully saturated rings. The molecule has 2 N–H and O–H groups in total. The first-order valence-electron chi connectivity index (χ1n) is 5.65. The van der Waals surface area contributed by atoms with Crippen LogP contribution < -0.4 is 5.73 Å². The first kappa shape index (κ1) is 12.4. The summed E-state index contributed by atoms with van der Waals surface area (Å²) in [5.74, 6) is -0.747. The van der Waals surface area contributed by atoms with Gasteiger partial charge in [-0.05, 0) is 24.6 Å². The number of benzene rings is 1. The summed E-state index contributed by atoms with van der Waals surface area (Å²) in [7, 11) is 0. The van der Waals surface area contributed by atoms with Crippen molar-refractivity contribution in [3.05, 3.63) is 65.2 Å². The van der Waals surface area contributed by atoms with Gasteiger partial charge in [-0.1, -0.05) is 24.3 Å². The quantitative estimate of drug-likeness (QED) is 0.836. The van der Waals surface area contributed by atoms with E-state index in [1.165, 1.54) is 12.3 Å². The Morgan fingerprint density at radius 2 is 2.06 bits per heavy atom. The van der Waals surface area contributed by atoms with E-state index in [0.717, 1.165) is 11.8 Å². The highest BCUT2D eigenvalue weighted by Crippen LogP contribution is 2.15. The highest BCUT2D eigenvalue weighted by atomic mass is 19.1. The van der Waals surface area contributed by atoms with Crippen molar-refractivity contribution in [3.63, 3.8) is 0 Å². The number of aromatic nitrogens is 1. The van der Waals surface area contributed by atoms with E-state index in [9.17, 15) is 9.18 Å². The molecule has 2 aromatic rings. The van der Waals surface area contributed by atoms with Gasteiger partial charge in [-0.2, -0.15) is 0 Å². The molecule has 0 bridgehead atoms. The molecular weight excluding hydrogens is 231 g/mol. The summed E-state index contributed by atoms with van der Waals surface area (Å²) in [4.78, 5) is 15.9. The standard InChI is InChI=1S/C14H13FN2O/c15-12-7-11(8-17-9-12)14(18)13-4-2-1-3-10(13)5-6-16/h1-4,7-9H,5-6,16H2. The third-order valence-corrected chi connectivity index (χ3v) is 2.64. The Bertz CT molecular complexity index is 569. The molecule has 1 aromatic heterocycles. The van der Waals surface area contributed by atoms with E-state index >= 15 is 0 Å². The van der Waals surface area contributed by atoms with Crippen LogP contribution in [0.2, 0.25) is 0 Å². The van der Waals surface area contributed by atoms with Gasteiger partial charge in [-0.25, -0.2) is 4.39 Å². The van der Waals surface area contributed by atoms with Gasteiger partial charge in [0, 0.05) is 17.3 Å². The fourth-order valence-electron chi connectivity index (χ4n) is 1.81. The number of pyridine rings is 1. The van der Waals surface area contributed by atoms with Crippen molar-refractivity contribution in [2.75, 3.05) is 6.54 Å². The first-order valence-corrected chi connectivity index (χ1v) is 5.65. The van der Waals surface area contributed by atoms with Crippen LogP contribution in [0.25, 0.3) is 0 Å². The van der Waals surface area contributed by atoms with Gasteiger partial charge in [0.25, 0.3) is 0 Å². The minimum Gasteiger partial charge on any atom is -0.330 e. The van der Waals surface area contributed by atoms with Gasteiger partial charge >= 0.3 is 0 Å². The number of carbonyl (C=O) groups is 1. The molecule has 0 aliphatic rings. The van der Waals surface area contributed by atoms with Crippen molar-refractivity contribution in [1.29, 1.82) is 0 Å². The summed E-state index contributed by atoms with van der Waals surface area (Å²) < 4.78 is 13.1. The Kier molecular flexibility index (Phi) is 3.79. The number of ketones is 1. The van der Waals surface area contributed by atoms with Gasteiger partial charge in [-0.15, -0.1) is 0 Å². The first-order chi connectivity index (χ1) is 8.72. The minimum absolute atomic E-state index is 0.231. The van der Waals surface area contributed by atoms with Gasteiger partial charge in [0.2, 0.25) is 0 Å². The molecule has 0 unspecified atom stereocenters. The van der Waals surface area contributed by atoms with E-state index in [2.05, 4.69) is 4.98 Å². The van der Waals surface area contributed by atoms with Gasteiger partial charge < -0.3 is 5.73 Å². The smallest absolute Gasteiger partial charge is 0.194 e. The number of rotatable bonds is 4. The van der Waals surface area contributed by atoms with E-state index in [4.69, 9.17) is 5.73 Å². The van der Waals surface area contributed by atoms with Crippen LogP contribution in [0.3, 0.4) is 0 Å². The van der Waals surface area contributed by atoms with Gasteiger partial charge in [-0.3, -0.25) is 9.78 Å². The second-order valence-corrected chi connectivity index (χ2v) is 3.92. The average molecular weight is 244 g/mol. The SMILES string of the molecule is NCCc1ccccc1C(=O)c1cncc(F)c1. The topological polar surface area (TPSA) is 56.0 Å². The number of carbonyl (C=O) groups excluding carboxylic acids is 1. The number of nitrogens with two attached hydrogens (primary N) is 1. The number of halogens is 1. The van der Waals surface area contributed by atoms with Crippen LogP contribution in [0.15, 0.2) is 42.7 Å². The normalized spacial score (nSPS) is 10.3. The van der Waals surface area contributed by atoms with Crippen molar-refractivity contribution in [2.24, 2.45) is 5.73 Å². The Hall–Kier alpha value is -2.07. The third kappa shape index (κ3) is 2.60. The van der Waals surface area contributed by atoms with Gasteiger partial charge in [0.1, 0.15) is 5.82 Å². The lowest BCUT2D eigenvalue weighted by molar-refractivity contribution is 0.103. The number of hydrogen-bond donors (Lipinski definition) is 1. The zero-order chi connectivity index (χ0) is 13.0. The Morgan fingerprint density at radius 1 is 1.28 bits per heavy atom. The van der Waals surface area contributed by atoms with Crippen LogP contribution in [0, 0.1) is 5.82 Å². The lowest BCUT2D eigenvalue weighted by atomic mass is 9.97. The highest BCUT2D eigenvalue weighted by Gasteiger charge is 2.13. The predicted octanol–water partition coefficient (Wildman–Crippen LogP) is 1.95. The molecular formula is C14H13FN2O. The molecule has 1 heterocycles. The number of nitrogens with zero attached hydrogens (tertiary/aromatic N) is 1. The molecule has 4 heteroatoms. The molecule has 92 valence electrons. The maximum atomic E-state index is 13.1. The molecule has 0 aliphatic carbocycles. The van der Waals surface area contributed by atoms with Gasteiger partial charge in [0.15, 0.2) is 5.78 Å². The van der Waals surface area contributed by atoms with E-state index in [-0.39, 0.29) is 11.3 Å². The zero-order valence-corrected chi connectivity index (χ0v) is 9.77. The summed E-state index contributed by atoms with van der Waals surface area (Å²) in [5, 5.41) is 0. The van der Waals surface area contributed by atoms with Crippen LogP contribution in [-0.4, -0.2) is 17.3 Å². The fraction of sp³-hybridized carbons (Fsp3) is 0.143. The van der Waals surface area contributed by atoms with Crippen LogP contribution in [0.1, 0.15) is 21.5 Å². The maximum absolute atomic E-state index is 13.1. The van der Waals surface area contributed by atoms with Crippen LogP contribution in [0.4, 0.5) is 4.39 Å². The molecule has 0 spiro atoms. The van der Waals surface area contributed by atoms with Crippen LogP contribution >= 0.6 is 0 Å². The monoisotopic (exact) mass is 244 g/mol. The Morgan fingerprint density at radius 3 is 2.78 bits per heavy atom. The van der Waals surface area contributed by atoms with Crippen LogP contribution in [-0.2, 0) is 6.42 Å². The molecule has 0 saturated carbocycles. The lowest BCUT2D eigenvalue weighted by Crippen LogP contribution is -2.10. The van der Waals surface area contributed by atoms with E-state index < -0.39 is 5.82 Å². The van der Waals surface area contributed by atoms with E-state index in [0.29, 0.717) is 18.5 Å². The second-order valence-electron chi connectivity index (χ2n) is 3.92. The summed E-state index contributed by atoms with van der Waals surface area (Å²) in [6, 6.07) is 8.39. The third-order valence-electron chi connectivity index (χ3n) is 2.64. The highest BCUT2D eigenvalue weighted by molar-refractivity contribution is 6.09. The van der Waals surface area contributed by atoms with Crippen molar-refractivity contribution in [3.8, 4) is 0 Å². The minimum atomic E-state index is -0.517. The second kappa shape index (κ2) is 5.51. The van der Waals surface area contributed by atoms with Crippen molar-refractivity contribution in [2.45, 2.75) is 6.42 Å². The molecule has 2 rings (SSSR count). The predicted molar refractivity (Wildman–Crippen MR) is 66.8 cm³/mol. The Balaban J connectivity index is 2.40. The number of hydrogen-bond acceptors (Lipinski definition) is 3. The van der Waals surface area contributed by atoms with Crippen molar-refractivity contribution in [1.82, 2.24) is 4.98 Å². The molecule has 0 atom stereocenters. The summed E-state index contributed by atoms with van der Waals surface area (Å²) in [6.07, 6.45) is 3.05. The molecule has 0 amide bonds. The molecule has 1 aromatic carbocycles. The largest absolute Gasteiger partial charge is 0.330 e. The molecule has 0 aliphatic heterocycles. The van der Waals surface area contributed by atoms with Crippen molar-refractivity contribution >= 4 is 5.78 Å². The van der Waals surface area contributed by atoms with Crippen molar-refractivity contribution < 1.29 is 9.18 Å². The zero-order valence-electron chi connectivity index (χ0n) is 9.77. The van der Waals surface area contributed by atoms with Crippen LogP contribution in [0.5, 0.6) is 0 Å². The molecule has 18 heavy (non-hydrogen) atoms. The summed E-state index contributed by atoms with van der Waals surface area (Å²) >= 11 is 0. The molecule has 0 radical (unpaired) electrons. The summed E-state index contributed by atoms with van der Waals surface area (Å²) in [6.45, 7) is 0.464. The van der Waals surface area contributed by atoms with Gasteiger partial charge in [0.05, 0.1) is 6.20 Å².